The monoisotopic (exact) mass is 347 g/mol. The van der Waals surface area contributed by atoms with Crippen molar-refractivity contribution in [2.45, 2.75) is 26.4 Å². The highest BCUT2D eigenvalue weighted by molar-refractivity contribution is 9.10. The van der Waals surface area contributed by atoms with Gasteiger partial charge in [-0.3, -0.25) is 9.88 Å². The van der Waals surface area contributed by atoms with Gasteiger partial charge in [0.1, 0.15) is 0 Å². The van der Waals surface area contributed by atoms with Crippen molar-refractivity contribution in [3.8, 4) is 0 Å². The van der Waals surface area contributed by atoms with E-state index in [1.807, 2.05) is 13.0 Å². The second kappa shape index (κ2) is 7.69. The van der Waals surface area contributed by atoms with Crippen LogP contribution in [-0.2, 0) is 6.54 Å². The third-order valence-electron chi connectivity index (χ3n) is 3.64. The topological polar surface area (TPSA) is 42.2 Å². The van der Waals surface area contributed by atoms with Crippen molar-refractivity contribution in [3.63, 3.8) is 0 Å². The summed E-state index contributed by atoms with van der Waals surface area (Å²) < 4.78 is 1.09. The van der Waals surface area contributed by atoms with E-state index in [0.29, 0.717) is 6.54 Å². The molecule has 2 aromatic rings. The molecule has 0 amide bonds. The molecule has 0 spiro atoms. The van der Waals surface area contributed by atoms with Crippen molar-refractivity contribution in [2.75, 3.05) is 13.1 Å². The second-order valence-electron chi connectivity index (χ2n) is 5.14. The average Bonchev–Trinajstić information content (AvgIpc) is 2.49. The van der Waals surface area contributed by atoms with Gasteiger partial charge in [-0.25, -0.2) is 0 Å². The minimum Gasteiger partial charge on any atom is -0.329 e. The Bertz CT molecular complexity index is 569. The lowest BCUT2D eigenvalue weighted by molar-refractivity contribution is 0.201. The molecule has 0 saturated heterocycles. The van der Waals surface area contributed by atoms with Gasteiger partial charge in [0.25, 0.3) is 0 Å². The van der Waals surface area contributed by atoms with Gasteiger partial charge in [0.2, 0.25) is 0 Å². The Morgan fingerprint density at radius 3 is 2.48 bits per heavy atom. The molecule has 1 atom stereocenters. The van der Waals surface area contributed by atoms with E-state index in [0.717, 1.165) is 29.0 Å². The Hall–Kier alpha value is -1.23. The Kier molecular flexibility index (Phi) is 5.91. The molecule has 1 aromatic carbocycles. The zero-order valence-electron chi connectivity index (χ0n) is 12.6. The van der Waals surface area contributed by atoms with E-state index in [1.54, 1.807) is 0 Å². The third kappa shape index (κ3) is 4.37. The number of likely N-dealkylation sites (N-methyl/N-ethyl adjacent to an activating group) is 1. The molecule has 1 aromatic heterocycles. The summed E-state index contributed by atoms with van der Waals surface area (Å²) in [5.74, 6) is 0. The number of aromatic nitrogens is 1. The summed E-state index contributed by atoms with van der Waals surface area (Å²) in [5, 5.41) is 0. The van der Waals surface area contributed by atoms with Crippen LogP contribution in [0.25, 0.3) is 0 Å². The van der Waals surface area contributed by atoms with E-state index >= 15 is 0 Å². The zero-order valence-corrected chi connectivity index (χ0v) is 14.2. The molecular formula is C17H22BrN3. The number of nitrogens with two attached hydrogens (primary N) is 1. The maximum atomic E-state index is 6.03. The number of hydrogen-bond donors (Lipinski definition) is 1. The van der Waals surface area contributed by atoms with Gasteiger partial charge < -0.3 is 5.73 Å². The van der Waals surface area contributed by atoms with Crippen LogP contribution in [0.5, 0.6) is 0 Å². The second-order valence-corrected chi connectivity index (χ2v) is 6.05. The third-order valence-corrected chi connectivity index (χ3v) is 4.16. The summed E-state index contributed by atoms with van der Waals surface area (Å²) >= 11 is 3.48. The quantitative estimate of drug-likeness (QED) is 0.866. The van der Waals surface area contributed by atoms with Crippen molar-refractivity contribution in [1.82, 2.24) is 9.88 Å². The van der Waals surface area contributed by atoms with Gasteiger partial charge in [-0.15, -0.1) is 0 Å². The smallest absolute Gasteiger partial charge is 0.0547 e. The van der Waals surface area contributed by atoms with Gasteiger partial charge in [0.15, 0.2) is 0 Å². The maximum absolute atomic E-state index is 6.03. The zero-order chi connectivity index (χ0) is 15.2. The van der Waals surface area contributed by atoms with E-state index < -0.39 is 0 Å². The lowest BCUT2D eigenvalue weighted by Crippen LogP contribution is -2.33. The predicted octanol–water partition coefficient (Wildman–Crippen LogP) is 3.67. The molecule has 0 bridgehead atoms. The molecule has 2 rings (SSSR count). The first-order chi connectivity index (χ1) is 10.1. The van der Waals surface area contributed by atoms with Crippen LogP contribution in [0.4, 0.5) is 0 Å². The highest BCUT2D eigenvalue weighted by atomic mass is 79.9. The lowest BCUT2D eigenvalue weighted by atomic mass is 10.1. The van der Waals surface area contributed by atoms with E-state index in [2.05, 4.69) is 69.1 Å². The van der Waals surface area contributed by atoms with Gasteiger partial charge in [0.05, 0.1) is 5.69 Å². The summed E-state index contributed by atoms with van der Waals surface area (Å²) in [6.07, 6.45) is 0. The molecule has 0 aliphatic rings. The molecule has 1 heterocycles. The van der Waals surface area contributed by atoms with E-state index in [9.17, 15) is 0 Å². The Morgan fingerprint density at radius 2 is 1.90 bits per heavy atom. The number of hydrogen-bond acceptors (Lipinski definition) is 3. The molecule has 0 aliphatic carbocycles. The molecule has 0 saturated carbocycles. The largest absolute Gasteiger partial charge is 0.329 e. The normalized spacial score (nSPS) is 12.6. The van der Waals surface area contributed by atoms with Crippen molar-refractivity contribution in [3.05, 3.63) is 63.9 Å². The van der Waals surface area contributed by atoms with Gasteiger partial charge in [-0.1, -0.05) is 41.1 Å². The summed E-state index contributed by atoms with van der Waals surface area (Å²) in [5.41, 5.74) is 9.42. The molecule has 2 N–H and O–H groups in total. The first-order valence-electron chi connectivity index (χ1n) is 7.26. The Labute approximate surface area is 135 Å². The number of nitrogens with zero attached hydrogens (tertiary/aromatic N) is 2. The summed E-state index contributed by atoms with van der Waals surface area (Å²) in [6, 6.07) is 14.8. The van der Waals surface area contributed by atoms with Crippen LogP contribution in [0, 0.1) is 6.92 Å². The van der Waals surface area contributed by atoms with Crippen LogP contribution >= 0.6 is 15.9 Å². The first kappa shape index (κ1) is 16.1. The predicted molar refractivity (Wildman–Crippen MR) is 91.0 cm³/mol. The van der Waals surface area contributed by atoms with Gasteiger partial charge in [-0.2, -0.15) is 0 Å². The fourth-order valence-corrected chi connectivity index (χ4v) is 2.78. The van der Waals surface area contributed by atoms with Crippen molar-refractivity contribution in [2.24, 2.45) is 5.73 Å². The maximum Gasteiger partial charge on any atom is 0.0547 e. The molecule has 0 fully saturated rings. The molecule has 0 radical (unpaired) electrons. The van der Waals surface area contributed by atoms with Crippen molar-refractivity contribution in [1.29, 1.82) is 0 Å². The van der Waals surface area contributed by atoms with Crippen molar-refractivity contribution < 1.29 is 0 Å². The minimum atomic E-state index is 0.213. The van der Waals surface area contributed by atoms with Gasteiger partial charge in [0, 0.05) is 29.3 Å². The standard InChI is InChI=1S/C17H22BrN3/c1-3-21(12-16-6-4-5-13(2)20-16)17(11-19)14-7-9-15(18)10-8-14/h4-10,17H,3,11-12,19H2,1-2H3. The number of aryl methyl sites for hydroxylation is 1. The molecule has 4 heteroatoms. The Morgan fingerprint density at radius 1 is 1.19 bits per heavy atom. The number of halogens is 1. The van der Waals surface area contributed by atoms with Crippen molar-refractivity contribution >= 4 is 15.9 Å². The molecule has 0 aliphatic heterocycles. The van der Waals surface area contributed by atoms with Gasteiger partial charge >= 0.3 is 0 Å². The van der Waals surface area contributed by atoms with Crippen LogP contribution in [0.15, 0.2) is 46.9 Å². The minimum absolute atomic E-state index is 0.213. The van der Waals surface area contributed by atoms with E-state index in [1.165, 1.54) is 5.56 Å². The Balaban J connectivity index is 2.19. The van der Waals surface area contributed by atoms with Crippen LogP contribution in [-0.4, -0.2) is 23.0 Å². The average molecular weight is 348 g/mol. The molecule has 1 unspecified atom stereocenters. The summed E-state index contributed by atoms with van der Waals surface area (Å²) in [7, 11) is 0. The van der Waals surface area contributed by atoms with Crippen LogP contribution in [0.1, 0.15) is 29.9 Å². The number of benzene rings is 1. The molecular weight excluding hydrogens is 326 g/mol. The van der Waals surface area contributed by atoms with Gasteiger partial charge in [-0.05, 0) is 43.3 Å². The molecule has 3 nitrogen and oxygen atoms in total. The van der Waals surface area contributed by atoms with E-state index in [4.69, 9.17) is 5.73 Å². The number of pyridine rings is 1. The highest BCUT2D eigenvalue weighted by Gasteiger charge is 2.18. The lowest BCUT2D eigenvalue weighted by Gasteiger charge is -2.30. The summed E-state index contributed by atoms with van der Waals surface area (Å²) in [4.78, 5) is 6.96. The van der Waals surface area contributed by atoms with E-state index in [-0.39, 0.29) is 6.04 Å². The fraction of sp³-hybridized carbons (Fsp3) is 0.353. The fourth-order valence-electron chi connectivity index (χ4n) is 2.52. The molecule has 112 valence electrons. The molecule has 21 heavy (non-hydrogen) atoms. The SMILES string of the molecule is CCN(Cc1cccc(C)n1)C(CN)c1ccc(Br)cc1. The van der Waals surface area contributed by atoms with Crippen LogP contribution in [0.3, 0.4) is 0 Å². The van der Waals surface area contributed by atoms with Crippen LogP contribution in [0.2, 0.25) is 0 Å². The first-order valence-corrected chi connectivity index (χ1v) is 8.05. The van der Waals surface area contributed by atoms with Crippen LogP contribution < -0.4 is 5.73 Å². The number of rotatable bonds is 6. The highest BCUT2D eigenvalue weighted by Crippen LogP contribution is 2.23. The summed E-state index contributed by atoms with van der Waals surface area (Å²) in [6.45, 7) is 6.54.